The molecule has 0 amide bonds. The van der Waals surface area contributed by atoms with Gasteiger partial charge in [0.15, 0.2) is 0 Å². The van der Waals surface area contributed by atoms with Crippen LogP contribution in [0.25, 0.3) is 12.7 Å². The molecule has 0 aliphatic rings. The van der Waals surface area contributed by atoms with Gasteiger partial charge in [-0.2, -0.15) is 0 Å². The average molecular weight is 160 g/mol. The zero-order chi connectivity index (χ0) is 8.97. The Morgan fingerprint density at radius 2 is 2.17 bits per heavy atom. The zero-order valence-electron chi connectivity index (χ0n) is 7.21. The van der Waals surface area contributed by atoms with Crippen LogP contribution in [0.1, 0.15) is 0 Å². The molecule has 0 saturated heterocycles. The summed E-state index contributed by atoms with van der Waals surface area (Å²) < 4.78 is 5.05. The Balaban J connectivity index is 3.31. The van der Waals surface area contributed by atoms with Gasteiger partial charge in [-0.25, -0.2) is 0 Å². The Morgan fingerprint density at radius 3 is 2.67 bits per heavy atom. The van der Waals surface area contributed by atoms with Crippen LogP contribution in [0.3, 0.4) is 0 Å². The molecule has 1 heteroatoms. The fourth-order valence-electron chi connectivity index (χ4n) is 0.999. The van der Waals surface area contributed by atoms with Crippen molar-refractivity contribution >= 4 is 12.7 Å². The van der Waals surface area contributed by atoms with E-state index in [1.165, 1.54) is 0 Å². The van der Waals surface area contributed by atoms with Gasteiger partial charge in [0.2, 0.25) is 0 Å². The number of methoxy groups -OCH3 is 1. The molecule has 0 aliphatic carbocycles. The number of allylic oxidation sites excluding steroid dienone is 1. The Bertz CT molecular complexity index is 376. The van der Waals surface area contributed by atoms with Crippen molar-refractivity contribution in [2.24, 2.45) is 0 Å². The maximum atomic E-state index is 5.05. The first-order valence-corrected chi connectivity index (χ1v) is 3.73. The summed E-state index contributed by atoms with van der Waals surface area (Å²) in [6.07, 6.45) is 3.66. The smallest absolute Gasteiger partial charge is 0.119 e. The molecule has 1 rings (SSSR count). The highest BCUT2D eigenvalue weighted by Gasteiger charge is 1.87. The normalized spacial score (nSPS) is 11.2. The average Bonchev–Trinajstić information content (AvgIpc) is 2.09. The first-order chi connectivity index (χ1) is 5.77. The largest absolute Gasteiger partial charge is 0.497 e. The third-order valence-electron chi connectivity index (χ3n) is 1.65. The lowest BCUT2D eigenvalue weighted by molar-refractivity contribution is 0.414. The molecule has 0 atom stereocenters. The van der Waals surface area contributed by atoms with Crippen LogP contribution in [0, 0.1) is 0 Å². The Hall–Kier alpha value is -1.50. The van der Waals surface area contributed by atoms with E-state index in [9.17, 15) is 0 Å². The molecule has 1 aromatic carbocycles. The summed E-state index contributed by atoms with van der Waals surface area (Å²) in [5.74, 6) is 0.834. The van der Waals surface area contributed by atoms with E-state index in [0.29, 0.717) is 0 Å². The molecule has 0 N–H and O–H groups in total. The number of ether oxygens (including phenoxy) is 1. The van der Waals surface area contributed by atoms with Gasteiger partial charge >= 0.3 is 0 Å². The molecule has 0 saturated carbocycles. The molecule has 62 valence electrons. The van der Waals surface area contributed by atoms with Crippen LogP contribution < -0.4 is 15.2 Å². The van der Waals surface area contributed by atoms with Gasteiger partial charge in [0.1, 0.15) is 5.75 Å². The molecule has 1 nitrogen and oxygen atoms in total. The summed E-state index contributed by atoms with van der Waals surface area (Å²) in [6, 6.07) is 5.77. The van der Waals surface area contributed by atoms with Crippen LogP contribution >= 0.6 is 0 Å². The lowest BCUT2D eigenvalue weighted by atomic mass is 10.2. The van der Waals surface area contributed by atoms with Crippen molar-refractivity contribution in [2.75, 3.05) is 7.11 Å². The lowest BCUT2D eigenvalue weighted by Gasteiger charge is -1.97. The Labute approximate surface area is 72.3 Å². The third kappa shape index (κ3) is 1.76. The monoisotopic (exact) mass is 160 g/mol. The molecule has 0 aromatic heterocycles. The number of hydrogen-bond donors (Lipinski definition) is 0. The maximum Gasteiger partial charge on any atom is 0.119 e. The first kappa shape index (κ1) is 8.60. The van der Waals surface area contributed by atoms with E-state index in [0.717, 1.165) is 16.2 Å². The van der Waals surface area contributed by atoms with E-state index >= 15 is 0 Å². The van der Waals surface area contributed by atoms with Gasteiger partial charge in [-0.3, -0.25) is 0 Å². The molecule has 0 radical (unpaired) electrons. The van der Waals surface area contributed by atoms with E-state index in [1.54, 1.807) is 13.2 Å². The maximum absolute atomic E-state index is 5.05. The minimum atomic E-state index is 0.834. The molecular weight excluding hydrogens is 148 g/mol. The summed E-state index contributed by atoms with van der Waals surface area (Å²) in [4.78, 5) is 0. The molecule has 12 heavy (non-hydrogen) atoms. The van der Waals surface area contributed by atoms with Gasteiger partial charge in [0.25, 0.3) is 0 Å². The number of rotatable bonds is 2. The van der Waals surface area contributed by atoms with Crippen molar-refractivity contribution < 1.29 is 4.74 Å². The highest BCUT2D eigenvalue weighted by molar-refractivity contribution is 5.38. The predicted molar refractivity (Wildman–Crippen MR) is 52.4 cm³/mol. The summed E-state index contributed by atoms with van der Waals surface area (Å²) in [6.45, 7) is 7.51. The molecule has 1 aromatic rings. The quantitative estimate of drug-likeness (QED) is 0.629. The highest BCUT2D eigenvalue weighted by atomic mass is 16.5. The van der Waals surface area contributed by atoms with Crippen LogP contribution in [0.2, 0.25) is 0 Å². The van der Waals surface area contributed by atoms with Crippen LogP contribution in [-0.2, 0) is 0 Å². The van der Waals surface area contributed by atoms with E-state index in [-0.39, 0.29) is 0 Å². The molecule has 0 aliphatic heterocycles. The second kappa shape index (κ2) is 3.77. The highest BCUT2D eigenvalue weighted by Crippen LogP contribution is 2.00. The fourth-order valence-corrected chi connectivity index (χ4v) is 0.999. The van der Waals surface area contributed by atoms with Crippen molar-refractivity contribution in [3.8, 4) is 5.75 Å². The second-order valence-electron chi connectivity index (χ2n) is 2.47. The van der Waals surface area contributed by atoms with Crippen molar-refractivity contribution in [3.63, 3.8) is 0 Å². The van der Waals surface area contributed by atoms with E-state index < -0.39 is 0 Å². The summed E-state index contributed by atoms with van der Waals surface area (Å²) in [5.41, 5.74) is 0. The van der Waals surface area contributed by atoms with Crippen LogP contribution in [-0.4, -0.2) is 7.11 Å². The molecule has 0 heterocycles. The Morgan fingerprint density at radius 1 is 1.42 bits per heavy atom. The Kier molecular flexibility index (Phi) is 2.70. The molecular formula is C11H12O. The lowest BCUT2D eigenvalue weighted by Crippen LogP contribution is -2.21. The minimum Gasteiger partial charge on any atom is -0.497 e. The number of benzene rings is 1. The van der Waals surface area contributed by atoms with Crippen molar-refractivity contribution in [1.82, 2.24) is 0 Å². The van der Waals surface area contributed by atoms with E-state index in [1.807, 2.05) is 24.3 Å². The van der Waals surface area contributed by atoms with Gasteiger partial charge in [-0.05, 0) is 22.6 Å². The summed E-state index contributed by atoms with van der Waals surface area (Å²) >= 11 is 0. The number of hydrogen-bond acceptors (Lipinski definition) is 1. The standard InChI is InChI=1S/C11H12O/c1-4-5-10-6-7-11(12-3)8-9(10)2/h4-8H,1-2H2,3H3/b10-5-. The zero-order valence-corrected chi connectivity index (χ0v) is 7.21. The molecule has 0 bridgehead atoms. The molecule has 0 fully saturated rings. The predicted octanol–water partition coefficient (Wildman–Crippen LogP) is 1.07. The van der Waals surface area contributed by atoms with Gasteiger partial charge in [-0.1, -0.05) is 31.4 Å². The van der Waals surface area contributed by atoms with Gasteiger partial charge in [0.05, 0.1) is 7.11 Å². The van der Waals surface area contributed by atoms with Crippen molar-refractivity contribution in [2.45, 2.75) is 0 Å². The van der Waals surface area contributed by atoms with Crippen molar-refractivity contribution in [1.29, 1.82) is 0 Å². The van der Waals surface area contributed by atoms with E-state index in [4.69, 9.17) is 4.74 Å². The molecule has 0 unspecified atom stereocenters. The van der Waals surface area contributed by atoms with Gasteiger partial charge < -0.3 is 4.74 Å². The van der Waals surface area contributed by atoms with E-state index in [2.05, 4.69) is 13.2 Å². The summed E-state index contributed by atoms with van der Waals surface area (Å²) in [7, 11) is 1.64. The van der Waals surface area contributed by atoms with Gasteiger partial charge in [-0.15, -0.1) is 0 Å². The SMILES string of the molecule is C=C/C=c1/ccc(OC)cc1=C. The topological polar surface area (TPSA) is 9.23 Å². The molecule has 0 spiro atoms. The van der Waals surface area contributed by atoms with Crippen LogP contribution in [0.5, 0.6) is 5.75 Å². The van der Waals surface area contributed by atoms with Gasteiger partial charge in [0, 0.05) is 0 Å². The van der Waals surface area contributed by atoms with Crippen LogP contribution in [0.15, 0.2) is 30.9 Å². The fraction of sp³-hybridized carbons (Fsp3) is 0.0909. The summed E-state index contributed by atoms with van der Waals surface area (Å²) in [5, 5.41) is 2.03. The second-order valence-corrected chi connectivity index (χ2v) is 2.47. The first-order valence-electron chi connectivity index (χ1n) is 3.73. The third-order valence-corrected chi connectivity index (χ3v) is 1.65. The van der Waals surface area contributed by atoms with Crippen LogP contribution in [0.4, 0.5) is 0 Å². The minimum absolute atomic E-state index is 0.834. The van der Waals surface area contributed by atoms with Crippen molar-refractivity contribution in [3.05, 3.63) is 41.3 Å².